The van der Waals surface area contributed by atoms with Crippen molar-refractivity contribution in [2.45, 2.75) is 40.0 Å². The lowest BCUT2D eigenvalue weighted by molar-refractivity contribution is 0.162. The van der Waals surface area contributed by atoms with Gasteiger partial charge in [0.2, 0.25) is 0 Å². The van der Waals surface area contributed by atoms with Gasteiger partial charge in [-0.25, -0.2) is 0 Å². The molecule has 0 fully saturated rings. The summed E-state index contributed by atoms with van der Waals surface area (Å²) >= 11 is 0. The van der Waals surface area contributed by atoms with E-state index in [0.717, 1.165) is 38.0 Å². The molecule has 5 heteroatoms. The molecule has 1 aliphatic carbocycles. The molecule has 0 aromatic heterocycles. The lowest BCUT2D eigenvalue weighted by atomic mass is 9.94. The maximum absolute atomic E-state index is 8.62. The molecule has 2 N–H and O–H groups in total. The molecule has 0 radical (unpaired) electrons. The first-order valence-corrected chi connectivity index (χ1v) is 5.89. The number of hydrogen-bond donors (Lipinski definition) is 2. The van der Waals surface area contributed by atoms with E-state index in [2.05, 4.69) is 10.3 Å². The fourth-order valence-corrected chi connectivity index (χ4v) is 1.49. The summed E-state index contributed by atoms with van der Waals surface area (Å²) in [6.45, 7) is 7.35. The molecular formula is C12H22N2O3. The fourth-order valence-electron chi connectivity index (χ4n) is 1.49. The van der Waals surface area contributed by atoms with Crippen LogP contribution in [0.2, 0.25) is 0 Å². The third-order valence-electron chi connectivity index (χ3n) is 2.35. The molecule has 0 spiro atoms. The molecule has 98 valence electrons. The molecule has 0 heterocycles. The third-order valence-corrected chi connectivity index (χ3v) is 2.35. The first-order chi connectivity index (χ1) is 8.21. The van der Waals surface area contributed by atoms with Crippen LogP contribution in [0.25, 0.3) is 0 Å². The Morgan fingerprint density at radius 1 is 1.35 bits per heavy atom. The molecule has 1 rings (SSSR count). The van der Waals surface area contributed by atoms with Crippen molar-refractivity contribution in [3.8, 4) is 0 Å². The Labute approximate surface area is 102 Å². The van der Waals surface area contributed by atoms with Crippen molar-refractivity contribution in [3.05, 3.63) is 11.6 Å². The Hall–Kier alpha value is -1.36. The summed E-state index contributed by atoms with van der Waals surface area (Å²) in [6, 6.07) is 0. The molecular weight excluding hydrogens is 220 g/mol. The molecule has 0 unspecified atom stereocenters. The van der Waals surface area contributed by atoms with Gasteiger partial charge < -0.3 is 15.2 Å². The minimum atomic E-state index is 0.502. The highest BCUT2D eigenvalue weighted by atomic mass is 16.5. The topological polar surface area (TPSA) is 74.4 Å². The van der Waals surface area contributed by atoms with Crippen molar-refractivity contribution in [2.75, 3.05) is 13.2 Å². The Morgan fingerprint density at radius 3 is 2.41 bits per heavy atom. The predicted octanol–water partition coefficient (Wildman–Crippen LogP) is 2.82. The second-order valence-electron chi connectivity index (χ2n) is 3.52. The summed E-state index contributed by atoms with van der Waals surface area (Å²) in [5.74, 6) is 0. The van der Waals surface area contributed by atoms with Crippen molar-refractivity contribution >= 4 is 11.4 Å². The Kier molecular flexibility index (Phi) is 9.05. The third kappa shape index (κ3) is 6.06. The van der Waals surface area contributed by atoms with Gasteiger partial charge in [-0.2, -0.15) is 0 Å². The van der Waals surface area contributed by atoms with E-state index in [-0.39, 0.29) is 0 Å². The van der Waals surface area contributed by atoms with Gasteiger partial charge in [-0.3, -0.25) is 0 Å². The van der Waals surface area contributed by atoms with E-state index in [1.807, 2.05) is 19.9 Å². The number of hydrogen-bond acceptors (Lipinski definition) is 5. The average molecular weight is 242 g/mol. The molecule has 1 aliphatic rings. The Balaban J connectivity index is 0.000000437. The number of nitrogens with zero attached hydrogens (tertiary/aromatic N) is 2. The SMILES string of the molecule is C/C(=N\O)C1=CCCC/C1=N\O.CCOCC. The van der Waals surface area contributed by atoms with Gasteiger partial charge in [0.1, 0.15) is 0 Å². The van der Waals surface area contributed by atoms with Crippen LogP contribution in [0.1, 0.15) is 40.0 Å². The summed E-state index contributed by atoms with van der Waals surface area (Å²) in [6.07, 6.45) is 4.60. The van der Waals surface area contributed by atoms with Crippen LogP contribution in [0.5, 0.6) is 0 Å². The zero-order valence-corrected chi connectivity index (χ0v) is 10.8. The first-order valence-electron chi connectivity index (χ1n) is 5.89. The van der Waals surface area contributed by atoms with Gasteiger partial charge in [0.15, 0.2) is 0 Å². The van der Waals surface area contributed by atoms with Crippen molar-refractivity contribution in [2.24, 2.45) is 10.3 Å². The second-order valence-corrected chi connectivity index (χ2v) is 3.52. The van der Waals surface area contributed by atoms with E-state index in [9.17, 15) is 0 Å². The molecule has 0 aliphatic heterocycles. The van der Waals surface area contributed by atoms with E-state index in [0.29, 0.717) is 11.4 Å². The summed E-state index contributed by atoms with van der Waals surface area (Å²) < 4.78 is 4.83. The fraction of sp³-hybridized carbons (Fsp3) is 0.667. The number of rotatable bonds is 3. The second kappa shape index (κ2) is 9.84. The molecule has 0 saturated heterocycles. The monoisotopic (exact) mass is 242 g/mol. The number of allylic oxidation sites excluding steroid dienone is 2. The largest absolute Gasteiger partial charge is 0.411 e. The van der Waals surface area contributed by atoms with E-state index < -0.39 is 0 Å². The van der Waals surface area contributed by atoms with Crippen LogP contribution in [0.15, 0.2) is 22.0 Å². The molecule has 17 heavy (non-hydrogen) atoms. The van der Waals surface area contributed by atoms with E-state index >= 15 is 0 Å². The van der Waals surface area contributed by atoms with Gasteiger partial charge in [-0.15, -0.1) is 0 Å². The van der Waals surface area contributed by atoms with Crippen LogP contribution in [-0.2, 0) is 4.74 Å². The van der Waals surface area contributed by atoms with Crippen molar-refractivity contribution in [1.29, 1.82) is 0 Å². The average Bonchev–Trinajstić information content (AvgIpc) is 2.39. The van der Waals surface area contributed by atoms with E-state index in [1.165, 1.54) is 0 Å². The zero-order chi connectivity index (χ0) is 13.1. The predicted molar refractivity (Wildman–Crippen MR) is 68.2 cm³/mol. The molecule has 5 nitrogen and oxygen atoms in total. The highest BCUT2D eigenvalue weighted by molar-refractivity contribution is 6.23. The summed E-state index contributed by atoms with van der Waals surface area (Å²) in [4.78, 5) is 0. The van der Waals surface area contributed by atoms with Gasteiger partial charge in [-0.05, 0) is 40.0 Å². The van der Waals surface area contributed by atoms with Gasteiger partial charge in [0.25, 0.3) is 0 Å². The number of oxime groups is 2. The quantitative estimate of drug-likeness (QED) is 0.454. The van der Waals surface area contributed by atoms with Crippen LogP contribution in [0, 0.1) is 0 Å². The standard InChI is InChI=1S/C8H12N2O2.C4H10O/c1-6(9-11)7-4-2-3-5-8(7)10-12;1-3-5-4-2/h4,11-12H,2-3,5H2,1H3;3-4H2,1-2H3/b9-6+,10-8+;. The van der Waals surface area contributed by atoms with Gasteiger partial charge in [-0.1, -0.05) is 16.4 Å². The first kappa shape index (κ1) is 15.6. The highest BCUT2D eigenvalue weighted by Crippen LogP contribution is 2.16. The van der Waals surface area contributed by atoms with Crippen molar-refractivity contribution in [3.63, 3.8) is 0 Å². The molecule has 0 atom stereocenters. The molecule has 0 bridgehead atoms. The van der Waals surface area contributed by atoms with Crippen LogP contribution in [0.4, 0.5) is 0 Å². The molecule has 0 amide bonds. The minimum Gasteiger partial charge on any atom is -0.411 e. The normalized spacial score (nSPS) is 18.4. The Bertz CT molecular complexity index is 294. The van der Waals surface area contributed by atoms with Gasteiger partial charge in [0.05, 0.1) is 11.4 Å². The van der Waals surface area contributed by atoms with Crippen LogP contribution in [-0.4, -0.2) is 35.1 Å². The summed E-state index contributed by atoms with van der Waals surface area (Å²) in [7, 11) is 0. The summed E-state index contributed by atoms with van der Waals surface area (Å²) in [5.41, 5.74) is 1.87. The highest BCUT2D eigenvalue weighted by Gasteiger charge is 2.14. The summed E-state index contributed by atoms with van der Waals surface area (Å²) in [5, 5.41) is 23.3. The maximum Gasteiger partial charge on any atom is 0.0884 e. The minimum absolute atomic E-state index is 0.502. The van der Waals surface area contributed by atoms with Crippen molar-refractivity contribution < 1.29 is 15.2 Å². The van der Waals surface area contributed by atoms with Crippen LogP contribution < -0.4 is 0 Å². The number of ether oxygens (including phenoxy) is 1. The molecule has 0 aromatic carbocycles. The lowest BCUT2D eigenvalue weighted by Gasteiger charge is -2.12. The van der Waals surface area contributed by atoms with Gasteiger partial charge in [0, 0.05) is 18.8 Å². The molecule has 0 saturated carbocycles. The molecule has 0 aromatic rings. The smallest absolute Gasteiger partial charge is 0.0884 e. The van der Waals surface area contributed by atoms with E-state index in [4.69, 9.17) is 15.2 Å². The zero-order valence-electron chi connectivity index (χ0n) is 10.8. The van der Waals surface area contributed by atoms with Crippen LogP contribution in [0.3, 0.4) is 0 Å². The maximum atomic E-state index is 8.62. The van der Waals surface area contributed by atoms with Crippen molar-refractivity contribution in [1.82, 2.24) is 0 Å². The van der Waals surface area contributed by atoms with Gasteiger partial charge >= 0.3 is 0 Å². The Morgan fingerprint density at radius 2 is 2.00 bits per heavy atom. The van der Waals surface area contributed by atoms with Crippen LogP contribution >= 0.6 is 0 Å². The lowest BCUT2D eigenvalue weighted by Crippen LogP contribution is -2.14. The van der Waals surface area contributed by atoms with E-state index in [1.54, 1.807) is 6.92 Å².